The lowest BCUT2D eigenvalue weighted by molar-refractivity contribution is -0.0520. The molecular weight excluding hydrogens is 248 g/mol. The van der Waals surface area contributed by atoms with Crippen LogP contribution < -0.4 is 4.74 Å². The molecular formula is C14H20O5. The first-order valence-electron chi connectivity index (χ1n) is 6.32. The topological polar surface area (TPSA) is 87.0 Å². The van der Waals surface area contributed by atoms with Crippen LogP contribution in [0, 0.1) is 0 Å². The number of phenols is 1. The van der Waals surface area contributed by atoms with E-state index in [1.54, 1.807) is 6.07 Å². The van der Waals surface area contributed by atoms with E-state index in [0.717, 1.165) is 6.42 Å². The molecule has 0 aliphatic carbocycles. The highest BCUT2D eigenvalue weighted by atomic mass is 16.5. The van der Waals surface area contributed by atoms with Gasteiger partial charge in [-0.05, 0) is 25.5 Å². The molecule has 5 nitrogen and oxygen atoms in total. The number of benzene rings is 1. The third-order valence-electron chi connectivity index (χ3n) is 2.75. The first kappa shape index (κ1) is 15.5. The SMILES string of the molecule is CCCc1c(OCCC(O)O)ccc(C(C)=O)c1O. The molecule has 0 heterocycles. The molecule has 0 aliphatic rings. The Labute approximate surface area is 112 Å². The summed E-state index contributed by atoms with van der Waals surface area (Å²) in [6.07, 6.45) is 0.0540. The average Bonchev–Trinajstić information content (AvgIpc) is 2.32. The third kappa shape index (κ3) is 4.22. The van der Waals surface area contributed by atoms with E-state index < -0.39 is 6.29 Å². The third-order valence-corrected chi connectivity index (χ3v) is 2.75. The van der Waals surface area contributed by atoms with E-state index in [9.17, 15) is 9.90 Å². The molecule has 0 atom stereocenters. The molecule has 0 aromatic heterocycles. The predicted octanol–water partition coefficient (Wildman–Crippen LogP) is 1.63. The quantitative estimate of drug-likeness (QED) is 0.517. The van der Waals surface area contributed by atoms with E-state index in [1.165, 1.54) is 13.0 Å². The fourth-order valence-corrected chi connectivity index (χ4v) is 1.80. The summed E-state index contributed by atoms with van der Waals surface area (Å²) >= 11 is 0. The summed E-state index contributed by atoms with van der Waals surface area (Å²) in [5, 5.41) is 27.6. The van der Waals surface area contributed by atoms with Crippen molar-refractivity contribution in [3.8, 4) is 11.5 Å². The number of phenolic OH excluding ortho intramolecular Hbond substituents is 1. The fraction of sp³-hybridized carbons (Fsp3) is 0.500. The fourth-order valence-electron chi connectivity index (χ4n) is 1.80. The van der Waals surface area contributed by atoms with Crippen LogP contribution in [0.25, 0.3) is 0 Å². The van der Waals surface area contributed by atoms with Gasteiger partial charge in [-0.3, -0.25) is 4.79 Å². The lowest BCUT2D eigenvalue weighted by Gasteiger charge is -2.14. The number of hydrogen-bond donors (Lipinski definition) is 3. The van der Waals surface area contributed by atoms with Crippen molar-refractivity contribution in [2.24, 2.45) is 0 Å². The van der Waals surface area contributed by atoms with Crippen LogP contribution in [0.5, 0.6) is 11.5 Å². The van der Waals surface area contributed by atoms with Crippen LogP contribution in [0.4, 0.5) is 0 Å². The van der Waals surface area contributed by atoms with E-state index in [2.05, 4.69) is 0 Å². The molecule has 106 valence electrons. The zero-order chi connectivity index (χ0) is 14.4. The number of rotatable bonds is 7. The monoisotopic (exact) mass is 268 g/mol. The van der Waals surface area contributed by atoms with Crippen LogP contribution in [0.1, 0.15) is 42.6 Å². The van der Waals surface area contributed by atoms with Gasteiger partial charge in [-0.1, -0.05) is 13.3 Å². The largest absolute Gasteiger partial charge is 0.507 e. The molecule has 3 N–H and O–H groups in total. The van der Waals surface area contributed by atoms with E-state index in [0.29, 0.717) is 17.7 Å². The van der Waals surface area contributed by atoms with Gasteiger partial charge >= 0.3 is 0 Å². The van der Waals surface area contributed by atoms with Gasteiger partial charge in [0.1, 0.15) is 11.5 Å². The minimum absolute atomic E-state index is 0.0450. The van der Waals surface area contributed by atoms with Crippen molar-refractivity contribution in [1.82, 2.24) is 0 Å². The molecule has 0 spiro atoms. The van der Waals surface area contributed by atoms with Crippen molar-refractivity contribution in [3.05, 3.63) is 23.3 Å². The standard InChI is InChI=1S/C14H20O5/c1-3-4-11-12(19-8-7-13(16)17)6-5-10(9(2)15)14(11)18/h5-6,13,16-18H,3-4,7-8H2,1-2H3. The molecule has 0 unspecified atom stereocenters. The first-order valence-corrected chi connectivity index (χ1v) is 6.32. The number of ketones is 1. The number of Topliss-reactive ketones (excluding diaryl/α,β-unsaturated/α-hetero) is 1. The van der Waals surface area contributed by atoms with Crippen molar-refractivity contribution in [3.63, 3.8) is 0 Å². The highest BCUT2D eigenvalue weighted by Gasteiger charge is 2.15. The summed E-state index contributed by atoms with van der Waals surface area (Å²) in [6.45, 7) is 3.49. The minimum Gasteiger partial charge on any atom is -0.507 e. The maximum atomic E-state index is 11.4. The Morgan fingerprint density at radius 1 is 1.37 bits per heavy atom. The molecule has 0 bridgehead atoms. The Bertz CT molecular complexity index is 440. The van der Waals surface area contributed by atoms with Crippen LogP contribution in [-0.2, 0) is 6.42 Å². The highest BCUT2D eigenvalue weighted by Crippen LogP contribution is 2.33. The maximum absolute atomic E-state index is 11.4. The second-order valence-corrected chi connectivity index (χ2v) is 4.36. The summed E-state index contributed by atoms with van der Waals surface area (Å²) in [5.74, 6) is 0.230. The van der Waals surface area contributed by atoms with Crippen LogP contribution in [0.15, 0.2) is 12.1 Å². The lowest BCUT2D eigenvalue weighted by atomic mass is 10.0. The zero-order valence-corrected chi connectivity index (χ0v) is 11.2. The Balaban J connectivity index is 2.97. The number of hydrogen-bond acceptors (Lipinski definition) is 5. The van der Waals surface area contributed by atoms with Gasteiger partial charge in [-0.25, -0.2) is 0 Å². The van der Waals surface area contributed by atoms with Gasteiger partial charge in [0.2, 0.25) is 0 Å². The molecule has 0 saturated carbocycles. The van der Waals surface area contributed by atoms with Crippen LogP contribution in [0.3, 0.4) is 0 Å². The van der Waals surface area contributed by atoms with Crippen molar-refractivity contribution < 1.29 is 24.9 Å². The number of aromatic hydroxyl groups is 1. The number of aliphatic hydroxyl groups excluding tert-OH is 1. The summed E-state index contributed by atoms with van der Waals surface area (Å²) in [6, 6.07) is 3.15. The smallest absolute Gasteiger partial charge is 0.163 e. The van der Waals surface area contributed by atoms with Crippen LogP contribution >= 0.6 is 0 Å². The average molecular weight is 268 g/mol. The first-order chi connectivity index (χ1) is 8.97. The molecule has 1 aromatic rings. The van der Waals surface area contributed by atoms with E-state index >= 15 is 0 Å². The van der Waals surface area contributed by atoms with E-state index in [1.807, 2.05) is 6.92 Å². The van der Waals surface area contributed by atoms with Gasteiger partial charge in [0.05, 0.1) is 12.2 Å². The van der Waals surface area contributed by atoms with Gasteiger partial charge in [0.25, 0.3) is 0 Å². The summed E-state index contributed by atoms with van der Waals surface area (Å²) < 4.78 is 5.42. The van der Waals surface area contributed by atoms with Gasteiger partial charge < -0.3 is 20.1 Å². The molecule has 0 radical (unpaired) electrons. The number of aliphatic hydroxyl groups is 2. The Kier molecular flexibility index (Phi) is 5.79. The molecule has 19 heavy (non-hydrogen) atoms. The van der Waals surface area contributed by atoms with Gasteiger partial charge in [-0.15, -0.1) is 0 Å². The van der Waals surface area contributed by atoms with Crippen molar-refractivity contribution in [2.45, 2.75) is 39.4 Å². The van der Waals surface area contributed by atoms with Crippen molar-refractivity contribution in [2.75, 3.05) is 6.61 Å². The number of ether oxygens (including phenoxy) is 1. The number of carbonyl (C=O) groups excluding carboxylic acids is 1. The van der Waals surface area contributed by atoms with E-state index in [4.69, 9.17) is 14.9 Å². The molecule has 0 fully saturated rings. The van der Waals surface area contributed by atoms with Crippen LogP contribution in [-0.4, -0.2) is 34.0 Å². The highest BCUT2D eigenvalue weighted by molar-refractivity contribution is 5.97. The Hall–Kier alpha value is -1.59. The van der Waals surface area contributed by atoms with E-state index in [-0.39, 0.29) is 30.1 Å². The van der Waals surface area contributed by atoms with Crippen LogP contribution in [0.2, 0.25) is 0 Å². The summed E-state index contributed by atoms with van der Waals surface area (Å²) in [7, 11) is 0. The second kappa shape index (κ2) is 7.11. The lowest BCUT2D eigenvalue weighted by Crippen LogP contribution is -2.11. The Morgan fingerprint density at radius 3 is 2.58 bits per heavy atom. The zero-order valence-electron chi connectivity index (χ0n) is 11.2. The molecule has 1 rings (SSSR count). The summed E-state index contributed by atoms with van der Waals surface area (Å²) in [5.41, 5.74) is 0.862. The summed E-state index contributed by atoms with van der Waals surface area (Å²) in [4.78, 5) is 11.4. The molecule has 5 heteroatoms. The molecule has 0 aliphatic heterocycles. The maximum Gasteiger partial charge on any atom is 0.163 e. The number of carbonyl (C=O) groups is 1. The Morgan fingerprint density at radius 2 is 2.05 bits per heavy atom. The van der Waals surface area contributed by atoms with Crippen molar-refractivity contribution in [1.29, 1.82) is 0 Å². The molecule has 0 saturated heterocycles. The predicted molar refractivity (Wildman–Crippen MR) is 70.4 cm³/mol. The minimum atomic E-state index is -1.42. The van der Waals surface area contributed by atoms with Gasteiger partial charge in [0, 0.05) is 12.0 Å². The van der Waals surface area contributed by atoms with Gasteiger partial charge in [-0.2, -0.15) is 0 Å². The van der Waals surface area contributed by atoms with Crippen molar-refractivity contribution >= 4 is 5.78 Å². The molecule has 0 amide bonds. The van der Waals surface area contributed by atoms with Gasteiger partial charge in [0.15, 0.2) is 12.1 Å². The second-order valence-electron chi connectivity index (χ2n) is 4.36. The molecule has 1 aromatic carbocycles. The normalized spacial score (nSPS) is 10.8.